The molecule has 4 heterocycles. The number of thiophene rings is 1. The molecular formula is C21H25N3O3S. The molecule has 148 valence electrons. The highest BCUT2D eigenvalue weighted by Gasteiger charge is 2.39. The minimum absolute atomic E-state index is 0.00117. The van der Waals surface area contributed by atoms with E-state index in [4.69, 9.17) is 9.47 Å². The number of ether oxygens (including phenoxy) is 2. The van der Waals surface area contributed by atoms with E-state index in [0.717, 1.165) is 55.6 Å². The molecule has 3 aliphatic heterocycles. The van der Waals surface area contributed by atoms with Gasteiger partial charge < -0.3 is 25.0 Å². The summed E-state index contributed by atoms with van der Waals surface area (Å²) in [4.78, 5) is 15.6. The van der Waals surface area contributed by atoms with Gasteiger partial charge in [0, 0.05) is 43.0 Å². The Morgan fingerprint density at radius 2 is 2.11 bits per heavy atom. The van der Waals surface area contributed by atoms with Gasteiger partial charge in [-0.05, 0) is 43.5 Å². The van der Waals surface area contributed by atoms with Crippen LogP contribution in [-0.2, 0) is 4.74 Å². The Balaban J connectivity index is 1.22. The number of amides is 1. The summed E-state index contributed by atoms with van der Waals surface area (Å²) in [5.74, 6) is 0.788. The summed E-state index contributed by atoms with van der Waals surface area (Å²) in [7, 11) is 0. The van der Waals surface area contributed by atoms with E-state index in [1.807, 2.05) is 30.3 Å². The Kier molecular flexibility index (Phi) is 4.96. The number of nitrogens with one attached hydrogen (secondary N) is 2. The molecule has 6 nitrogen and oxygen atoms in total. The van der Waals surface area contributed by atoms with Crippen molar-refractivity contribution in [2.45, 2.75) is 37.4 Å². The van der Waals surface area contributed by atoms with E-state index in [9.17, 15) is 4.79 Å². The maximum atomic E-state index is 12.6. The van der Waals surface area contributed by atoms with E-state index < -0.39 is 0 Å². The number of nitrogens with zero attached hydrogens (tertiary/aromatic N) is 1. The first-order valence-electron chi connectivity index (χ1n) is 10.0. The molecule has 2 aromatic rings. The van der Waals surface area contributed by atoms with Crippen molar-refractivity contribution < 1.29 is 14.3 Å². The van der Waals surface area contributed by atoms with Crippen molar-refractivity contribution in [2.24, 2.45) is 0 Å². The normalized spacial score (nSPS) is 26.4. The average Bonchev–Trinajstić information content (AvgIpc) is 3.46. The van der Waals surface area contributed by atoms with E-state index in [-0.39, 0.29) is 11.9 Å². The second kappa shape index (κ2) is 7.73. The number of carbonyl (C=O) groups is 1. The molecule has 7 heteroatoms. The van der Waals surface area contributed by atoms with Crippen molar-refractivity contribution in [1.82, 2.24) is 10.6 Å². The molecule has 0 aliphatic carbocycles. The van der Waals surface area contributed by atoms with Gasteiger partial charge in [-0.3, -0.25) is 4.79 Å². The molecule has 3 saturated heterocycles. The van der Waals surface area contributed by atoms with Crippen LogP contribution < -0.4 is 20.3 Å². The first-order chi connectivity index (χ1) is 13.7. The minimum atomic E-state index is 0.00117. The molecule has 5 rings (SSSR count). The molecule has 2 bridgehead atoms. The van der Waals surface area contributed by atoms with Gasteiger partial charge in [-0.2, -0.15) is 0 Å². The molecule has 1 aromatic heterocycles. The highest BCUT2D eigenvalue weighted by molar-refractivity contribution is 7.15. The van der Waals surface area contributed by atoms with Crippen LogP contribution in [0, 0.1) is 0 Å². The Morgan fingerprint density at radius 3 is 2.89 bits per heavy atom. The van der Waals surface area contributed by atoms with Crippen LogP contribution in [0.25, 0.3) is 0 Å². The minimum Gasteiger partial charge on any atom is -0.447 e. The molecule has 3 unspecified atom stereocenters. The van der Waals surface area contributed by atoms with Gasteiger partial charge in [-0.15, -0.1) is 0 Å². The fraction of sp³-hybridized carbons (Fsp3) is 0.476. The largest absolute Gasteiger partial charge is 0.447 e. The summed E-state index contributed by atoms with van der Waals surface area (Å²) in [5.41, 5.74) is 1.14. The molecule has 1 aromatic carbocycles. The van der Waals surface area contributed by atoms with Gasteiger partial charge in [0.05, 0.1) is 18.1 Å². The topological polar surface area (TPSA) is 62.8 Å². The summed E-state index contributed by atoms with van der Waals surface area (Å²) in [6.45, 7) is 3.30. The van der Waals surface area contributed by atoms with Crippen LogP contribution in [0.15, 0.2) is 36.4 Å². The molecule has 0 spiro atoms. The lowest BCUT2D eigenvalue weighted by molar-refractivity contribution is 0.0935. The molecule has 3 fully saturated rings. The number of morpholine rings is 1. The lowest BCUT2D eigenvalue weighted by Crippen LogP contribution is -2.42. The third-order valence-electron chi connectivity index (χ3n) is 5.83. The maximum Gasteiger partial charge on any atom is 0.261 e. The quantitative estimate of drug-likeness (QED) is 0.809. The Labute approximate surface area is 168 Å². The molecule has 0 radical (unpaired) electrons. The van der Waals surface area contributed by atoms with Crippen LogP contribution in [0.5, 0.6) is 10.8 Å². The van der Waals surface area contributed by atoms with Crippen LogP contribution in [-0.4, -0.2) is 50.3 Å². The van der Waals surface area contributed by atoms with Crippen molar-refractivity contribution >= 4 is 22.9 Å². The molecule has 3 atom stereocenters. The summed E-state index contributed by atoms with van der Waals surface area (Å²) in [6.07, 6.45) is 3.44. The van der Waals surface area contributed by atoms with Gasteiger partial charge in [-0.1, -0.05) is 17.4 Å². The number of anilines is 1. The molecule has 1 amide bonds. The van der Waals surface area contributed by atoms with E-state index in [2.05, 4.69) is 21.6 Å². The third-order valence-corrected chi connectivity index (χ3v) is 6.80. The fourth-order valence-electron chi connectivity index (χ4n) is 4.40. The first kappa shape index (κ1) is 18.0. The van der Waals surface area contributed by atoms with Crippen molar-refractivity contribution in [1.29, 1.82) is 0 Å². The highest BCUT2D eigenvalue weighted by Crippen LogP contribution is 2.33. The lowest BCUT2D eigenvalue weighted by atomic mass is 9.95. The number of rotatable bonds is 5. The smallest absolute Gasteiger partial charge is 0.261 e. The number of fused-ring (bicyclic) bond motifs is 2. The average molecular weight is 400 g/mol. The molecular weight excluding hydrogens is 374 g/mol. The predicted molar refractivity (Wildman–Crippen MR) is 110 cm³/mol. The second-order valence-corrected chi connectivity index (χ2v) is 8.73. The first-order valence-corrected chi connectivity index (χ1v) is 10.8. The number of hydrogen-bond acceptors (Lipinski definition) is 6. The van der Waals surface area contributed by atoms with Crippen LogP contribution in [0.1, 0.15) is 28.9 Å². The zero-order valence-electron chi connectivity index (χ0n) is 15.7. The number of carbonyl (C=O) groups excluding carboxylic acids is 1. The SMILES string of the molecule is O=C(NC1CC2CCC1N2)c1ccc(Oc2cccc(N3CCOCC3)c2)s1. The van der Waals surface area contributed by atoms with E-state index in [1.165, 1.54) is 17.8 Å². The van der Waals surface area contributed by atoms with Gasteiger partial charge in [-0.25, -0.2) is 0 Å². The lowest BCUT2D eigenvalue weighted by Gasteiger charge is -2.29. The van der Waals surface area contributed by atoms with E-state index in [0.29, 0.717) is 17.0 Å². The summed E-state index contributed by atoms with van der Waals surface area (Å²) < 4.78 is 11.5. The number of benzene rings is 1. The Bertz CT molecular complexity index is 849. The van der Waals surface area contributed by atoms with Crippen molar-refractivity contribution in [3.05, 3.63) is 41.3 Å². The molecule has 3 aliphatic rings. The van der Waals surface area contributed by atoms with Gasteiger partial charge in [0.15, 0.2) is 5.06 Å². The number of hydrogen-bond donors (Lipinski definition) is 2. The molecule has 2 N–H and O–H groups in total. The van der Waals surface area contributed by atoms with Gasteiger partial charge in [0.2, 0.25) is 0 Å². The standard InChI is InChI=1S/C21H25N3O3S/c25-21(23-18-12-14-4-5-17(18)22-14)19-6-7-20(28-19)27-16-3-1-2-15(13-16)24-8-10-26-11-9-24/h1-3,6-7,13-14,17-18,22H,4-5,8-12H2,(H,23,25). The van der Waals surface area contributed by atoms with Crippen molar-refractivity contribution in [2.75, 3.05) is 31.2 Å². The summed E-state index contributed by atoms with van der Waals surface area (Å²) in [6, 6.07) is 13.1. The Morgan fingerprint density at radius 1 is 1.21 bits per heavy atom. The Hall–Kier alpha value is -2.09. The van der Waals surface area contributed by atoms with Crippen LogP contribution in [0.2, 0.25) is 0 Å². The third kappa shape index (κ3) is 3.74. The van der Waals surface area contributed by atoms with Crippen molar-refractivity contribution in [3.63, 3.8) is 0 Å². The van der Waals surface area contributed by atoms with Gasteiger partial charge in [0.1, 0.15) is 5.75 Å². The second-order valence-electron chi connectivity index (χ2n) is 7.68. The fourth-order valence-corrected chi connectivity index (χ4v) is 5.18. The molecule has 0 saturated carbocycles. The predicted octanol–water partition coefficient (Wildman–Crippen LogP) is 3.00. The van der Waals surface area contributed by atoms with E-state index >= 15 is 0 Å². The monoisotopic (exact) mass is 399 g/mol. The van der Waals surface area contributed by atoms with E-state index in [1.54, 1.807) is 0 Å². The zero-order chi connectivity index (χ0) is 18.9. The summed E-state index contributed by atoms with van der Waals surface area (Å²) >= 11 is 1.39. The van der Waals surface area contributed by atoms with Crippen LogP contribution in [0.3, 0.4) is 0 Å². The van der Waals surface area contributed by atoms with Crippen LogP contribution in [0.4, 0.5) is 5.69 Å². The summed E-state index contributed by atoms with van der Waals surface area (Å²) in [5, 5.41) is 7.48. The highest BCUT2D eigenvalue weighted by atomic mass is 32.1. The van der Waals surface area contributed by atoms with Crippen LogP contribution >= 0.6 is 11.3 Å². The van der Waals surface area contributed by atoms with Gasteiger partial charge in [0.25, 0.3) is 5.91 Å². The van der Waals surface area contributed by atoms with Gasteiger partial charge >= 0.3 is 0 Å². The maximum absolute atomic E-state index is 12.6. The molecule has 28 heavy (non-hydrogen) atoms. The zero-order valence-corrected chi connectivity index (χ0v) is 16.5. The van der Waals surface area contributed by atoms with Crippen molar-refractivity contribution in [3.8, 4) is 10.8 Å².